The highest BCUT2D eigenvalue weighted by molar-refractivity contribution is 5.96. The van der Waals surface area contributed by atoms with Gasteiger partial charge in [-0.15, -0.1) is 6.58 Å². The standard InChI is InChI=1S/C15H21NO2/c1-12(2)6-4-3-5-7-15(17)13-8-10-14(18-16)11-9-13/h8-11H,1,3-7,16H2,2H3. The van der Waals surface area contributed by atoms with E-state index in [9.17, 15) is 4.79 Å². The van der Waals surface area contributed by atoms with Crippen molar-refractivity contribution < 1.29 is 9.63 Å². The number of unbranched alkanes of at least 4 members (excludes halogenated alkanes) is 2. The summed E-state index contributed by atoms with van der Waals surface area (Å²) >= 11 is 0. The van der Waals surface area contributed by atoms with E-state index < -0.39 is 0 Å². The third kappa shape index (κ3) is 5.15. The Kier molecular flexibility index (Phi) is 6.15. The van der Waals surface area contributed by atoms with Crippen LogP contribution in [0.3, 0.4) is 0 Å². The molecule has 0 amide bonds. The zero-order valence-electron chi connectivity index (χ0n) is 10.9. The van der Waals surface area contributed by atoms with Crippen LogP contribution >= 0.6 is 0 Å². The lowest BCUT2D eigenvalue weighted by Crippen LogP contribution is -2.03. The average Bonchev–Trinajstić information content (AvgIpc) is 2.38. The van der Waals surface area contributed by atoms with Crippen molar-refractivity contribution in [1.29, 1.82) is 0 Å². The highest BCUT2D eigenvalue weighted by Crippen LogP contribution is 2.14. The van der Waals surface area contributed by atoms with Gasteiger partial charge in [-0.1, -0.05) is 12.0 Å². The summed E-state index contributed by atoms with van der Waals surface area (Å²) in [6, 6.07) is 6.90. The molecule has 0 saturated carbocycles. The van der Waals surface area contributed by atoms with Gasteiger partial charge in [0, 0.05) is 12.0 Å². The topological polar surface area (TPSA) is 52.3 Å². The van der Waals surface area contributed by atoms with Crippen LogP contribution in [0.25, 0.3) is 0 Å². The Labute approximate surface area is 109 Å². The van der Waals surface area contributed by atoms with E-state index in [0.29, 0.717) is 12.2 Å². The molecule has 2 N–H and O–H groups in total. The predicted octanol–water partition coefficient (Wildman–Crippen LogP) is 3.65. The number of benzene rings is 1. The van der Waals surface area contributed by atoms with E-state index in [0.717, 1.165) is 31.2 Å². The van der Waals surface area contributed by atoms with E-state index in [1.54, 1.807) is 24.3 Å². The monoisotopic (exact) mass is 247 g/mol. The van der Waals surface area contributed by atoms with Crippen LogP contribution in [0.4, 0.5) is 0 Å². The highest BCUT2D eigenvalue weighted by atomic mass is 16.6. The molecule has 0 atom stereocenters. The van der Waals surface area contributed by atoms with Gasteiger partial charge in [0.2, 0.25) is 0 Å². The van der Waals surface area contributed by atoms with Crippen molar-refractivity contribution in [2.24, 2.45) is 5.90 Å². The lowest BCUT2D eigenvalue weighted by Gasteiger charge is -2.03. The van der Waals surface area contributed by atoms with Gasteiger partial charge in [-0.05, 0) is 50.5 Å². The Hall–Kier alpha value is -1.61. The number of allylic oxidation sites excluding steroid dienone is 1. The number of hydrogen-bond acceptors (Lipinski definition) is 3. The van der Waals surface area contributed by atoms with Gasteiger partial charge in [-0.2, -0.15) is 5.90 Å². The van der Waals surface area contributed by atoms with Crippen molar-refractivity contribution in [2.75, 3.05) is 0 Å². The molecular weight excluding hydrogens is 226 g/mol. The number of rotatable bonds is 8. The van der Waals surface area contributed by atoms with Crippen LogP contribution in [0, 0.1) is 0 Å². The molecule has 0 fully saturated rings. The first-order chi connectivity index (χ1) is 8.63. The maximum absolute atomic E-state index is 11.9. The summed E-state index contributed by atoms with van der Waals surface area (Å²) in [4.78, 5) is 16.4. The van der Waals surface area contributed by atoms with E-state index in [-0.39, 0.29) is 5.78 Å². The van der Waals surface area contributed by atoms with Crippen LogP contribution < -0.4 is 10.7 Å². The molecular formula is C15H21NO2. The molecule has 0 saturated heterocycles. The number of Topliss-reactive ketones (excluding diaryl/α,β-unsaturated/α-hetero) is 1. The van der Waals surface area contributed by atoms with E-state index in [4.69, 9.17) is 5.90 Å². The third-order valence-corrected chi connectivity index (χ3v) is 2.82. The second kappa shape index (κ2) is 7.67. The molecule has 18 heavy (non-hydrogen) atoms. The minimum absolute atomic E-state index is 0.175. The summed E-state index contributed by atoms with van der Waals surface area (Å²) in [5, 5.41) is 0. The number of carbonyl (C=O) groups is 1. The molecule has 0 aliphatic rings. The zero-order valence-corrected chi connectivity index (χ0v) is 10.9. The van der Waals surface area contributed by atoms with Crippen LogP contribution in [-0.2, 0) is 0 Å². The van der Waals surface area contributed by atoms with E-state index >= 15 is 0 Å². The second-order valence-electron chi connectivity index (χ2n) is 4.58. The maximum Gasteiger partial charge on any atom is 0.162 e. The van der Waals surface area contributed by atoms with Crippen LogP contribution in [0.15, 0.2) is 36.4 Å². The Balaban J connectivity index is 2.29. The lowest BCUT2D eigenvalue weighted by atomic mass is 10.0. The first-order valence-corrected chi connectivity index (χ1v) is 6.28. The summed E-state index contributed by atoms with van der Waals surface area (Å²) in [7, 11) is 0. The number of nitrogens with two attached hydrogens (primary N) is 1. The average molecular weight is 247 g/mol. The van der Waals surface area contributed by atoms with Gasteiger partial charge in [-0.3, -0.25) is 4.79 Å². The molecule has 1 aromatic carbocycles. The normalized spacial score (nSPS) is 10.1. The van der Waals surface area contributed by atoms with Crippen molar-refractivity contribution in [3.63, 3.8) is 0 Å². The molecule has 1 rings (SSSR count). The van der Waals surface area contributed by atoms with Gasteiger partial charge in [-0.25, -0.2) is 0 Å². The molecule has 3 heteroatoms. The van der Waals surface area contributed by atoms with Crippen LogP contribution in [0.2, 0.25) is 0 Å². The Morgan fingerprint density at radius 1 is 1.17 bits per heavy atom. The van der Waals surface area contributed by atoms with E-state index in [1.807, 2.05) is 6.92 Å². The van der Waals surface area contributed by atoms with Crippen LogP contribution in [0.1, 0.15) is 49.4 Å². The summed E-state index contributed by atoms with van der Waals surface area (Å²) in [6.07, 6.45) is 4.77. The molecule has 0 aromatic heterocycles. The number of hydrogen-bond donors (Lipinski definition) is 1. The van der Waals surface area contributed by atoms with Gasteiger partial charge < -0.3 is 4.84 Å². The van der Waals surface area contributed by atoms with Crippen LogP contribution in [-0.4, -0.2) is 5.78 Å². The van der Waals surface area contributed by atoms with E-state index in [2.05, 4.69) is 11.4 Å². The molecule has 0 bridgehead atoms. The van der Waals surface area contributed by atoms with Gasteiger partial charge in [0.25, 0.3) is 0 Å². The highest BCUT2D eigenvalue weighted by Gasteiger charge is 2.05. The Morgan fingerprint density at radius 2 is 1.78 bits per heavy atom. The lowest BCUT2D eigenvalue weighted by molar-refractivity contribution is 0.0979. The largest absolute Gasteiger partial charge is 0.412 e. The van der Waals surface area contributed by atoms with Gasteiger partial charge in [0.1, 0.15) is 5.75 Å². The molecule has 0 spiro atoms. The molecule has 0 radical (unpaired) electrons. The SMILES string of the molecule is C=C(C)CCCCCC(=O)c1ccc(ON)cc1. The zero-order chi connectivity index (χ0) is 13.4. The second-order valence-corrected chi connectivity index (χ2v) is 4.58. The van der Waals surface area contributed by atoms with Crippen molar-refractivity contribution in [3.05, 3.63) is 42.0 Å². The van der Waals surface area contributed by atoms with Crippen molar-refractivity contribution in [2.45, 2.75) is 39.0 Å². The minimum atomic E-state index is 0.175. The molecule has 0 aliphatic carbocycles. The smallest absolute Gasteiger partial charge is 0.162 e. The van der Waals surface area contributed by atoms with Crippen LogP contribution in [0.5, 0.6) is 5.75 Å². The fourth-order valence-corrected chi connectivity index (χ4v) is 1.75. The van der Waals surface area contributed by atoms with Crippen molar-refractivity contribution >= 4 is 5.78 Å². The molecule has 98 valence electrons. The van der Waals surface area contributed by atoms with Gasteiger partial charge >= 0.3 is 0 Å². The summed E-state index contributed by atoms with van der Waals surface area (Å²) < 4.78 is 0. The number of ketones is 1. The minimum Gasteiger partial charge on any atom is -0.412 e. The van der Waals surface area contributed by atoms with Crippen molar-refractivity contribution in [1.82, 2.24) is 0 Å². The quantitative estimate of drug-likeness (QED) is 0.330. The number of carbonyl (C=O) groups excluding carboxylic acids is 1. The molecule has 0 unspecified atom stereocenters. The first-order valence-electron chi connectivity index (χ1n) is 6.28. The molecule has 3 nitrogen and oxygen atoms in total. The van der Waals surface area contributed by atoms with E-state index in [1.165, 1.54) is 5.57 Å². The fraction of sp³-hybridized carbons (Fsp3) is 0.400. The predicted molar refractivity (Wildman–Crippen MR) is 73.5 cm³/mol. The van der Waals surface area contributed by atoms with Gasteiger partial charge in [0.15, 0.2) is 5.78 Å². The van der Waals surface area contributed by atoms with Crippen molar-refractivity contribution in [3.8, 4) is 5.75 Å². The summed E-state index contributed by atoms with van der Waals surface area (Å²) in [5.74, 6) is 5.76. The maximum atomic E-state index is 11.9. The molecule has 0 heterocycles. The molecule has 1 aromatic rings. The summed E-state index contributed by atoms with van der Waals surface area (Å²) in [6.45, 7) is 5.90. The molecule has 0 aliphatic heterocycles. The first kappa shape index (κ1) is 14.5. The fourth-order valence-electron chi connectivity index (χ4n) is 1.75. The third-order valence-electron chi connectivity index (χ3n) is 2.82. The summed E-state index contributed by atoms with van der Waals surface area (Å²) in [5.41, 5.74) is 1.93. The Bertz CT molecular complexity index is 395. The van der Waals surface area contributed by atoms with Gasteiger partial charge in [0.05, 0.1) is 0 Å². The Morgan fingerprint density at radius 3 is 2.33 bits per heavy atom.